The van der Waals surface area contributed by atoms with Crippen LogP contribution in [0, 0.1) is 15.9 Å². The smallest absolute Gasteiger partial charge is 0.343 e. The first-order chi connectivity index (χ1) is 12.9. The number of halogens is 1. The molecule has 0 bridgehead atoms. The average molecular weight is 365 g/mol. The number of nitrogens with zero attached hydrogens (tertiary/aromatic N) is 1. The first-order valence-electron chi connectivity index (χ1n) is 7.81. The number of ether oxygens (including phenoxy) is 1. The Balaban J connectivity index is 1.73. The van der Waals surface area contributed by atoms with Crippen LogP contribution in [0.15, 0.2) is 72.8 Å². The highest BCUT2D eigenvalue weighted by atomic mass is 19.1. The molecule has 6 nitrogen and oxygen atoms in total. The third kappa shape index (κ3) is 4.21. The Labute approximate surface area is 153 Å². The Hall–Kier alpha value is -3.87. The van der Waals surface area contributed by atoms with Crippen LogP contribution in [0.2, 0.25) is 0 Å². The van der Waals surface area contributed by atoms with Crippen LogP contribution in [0.5, 0.6) is 5.75 Å². The topological polar surface area (TPSA) is 86.5 Å². The van der Waals surface area contributed by atoms with Gasteiger partial charge >= 0.3 is 5.97 Å². The largest absolute Gasteiger partial charge is 0.423 e. The summed E-state index contributed by atoms with van der Waals surface area (Å²) in [5, 5.41) is 10.8. The summed E-state index contributed by atoms with van der Waals surface area (Å²) < 4.78 is 18.1. The molecule has 0 heterocycles. The fraction of sp³-hybridized carbons (Fsp3) is 0. The fourth-order valence-electron chi connectivity index (χ4n) is 2.35. The van der Waals surface area contributed by atoms with Gasteiger partial charge in [-0.3, -0.25) is 14.9 Å². The molecule has 3 aromatic carbocycles. The zero-order valence-corrected chi connectivity index (χ0v) is 13.8. The van der Waals surface area contributed by atoms with E-state index in [-0.39, 0.29) is 22.8 Å². The highest BCUT2D eigenvalue weighted by Crippen LogP contribution is 2.19. The number of benzene rings is 3. The molecule has 27 heavy (non-hydrogen) atoms. The summed E-state index contributed by atoms with van der Waals surface area (Å²) in [5.41, 5.74) is 0.495. The zero-order valence-electron chi connectivity index (χ0n) is 13.8. The van der Waals surface area contributed by atoms with Gasteiger partial charge in [0.1, 0.15) is 11.6 Å². The molecule has 0 N–H and O–H groups in total. The first-order valence-corrected chi connectivity index (χ1v) is 7.81. The van der Waals surface area contributed by atoms with Crippen molar-refractivity contribution < 1.29 is 23.6 Å². The van der Waals surface area contributed by atoms with Gasteiger partial charge in [-0.1, -0.05) is 6.07 Å². The number of ketones is 1. The molecular formula is C20H12FNO5. The molecule has 0 saturated carbocycles. The highest BCUT2D eigenvalue weighted by Gasteiger charge is 2.14. The van der Waals surface area contributed by atoms with Crippen molar-refractivity contribution in [2.45, 2.75) is 0 Å². The lowest BCUT2D eigenvalue weighted by molar-refractivity contribution is -0.384. The summed E-state index contributed by atoms with van der Waals surface area (Å²) in [6.07, 6.45) is 0. The van der Waals surface area contributed by atoms with Gasteiger partial charge in [0, 0.05) is 23.3 Å². The van der Waals surface area contributed by atoms with Gasteiger partial charge in [-0.25, -0.2) is 9.18 Å². The van der Waals surface area contributed by atoms with Crippen LogP contribution >= 0.6 is 0 Å². The third-order valence-corrected chi connectivity index (χ3v) is 3.73. The second kappa shape index (κ2) is 7.57. The Morgan fingerprint density at radius 1 is 0.852 bits per heavy atom. The summed E-state index contributed by atoms with van der Waals surface area (Å²) in [6.45, 7) is 0. The Morgan fingerprint density at radius 3 is 2.04 bits per heavy atom. The summed E-state index contributed by atoms with van der Waals surface area (Å²) in [6, 6.07) is 16.2. The SMILES string of the molecule is O=C(Oc1ccc(C(=O)c2ccc(F)cc2)cc1)c1cccc([N+](=O)[O-])c1. The van der Waals surface area contributed by atoms with E-state index in [1.54, 1.807) is 0 Å². The van der Waals surface area contributed by atoms with Crippen LogP contribution in [0.25, 0.3) is 0 Å². The van der Waals surface area contributed by atoms with Gasteiger partial charge in [0.2, 0.25) is 0 Å². The molecule has 0 radical (unpaired) electrons. The highest BCUT2D eigenvalue weighted by molar-refractivity contribution is 6.09. The Kier molecular flexibility index (Phi) is 5.03. The van der Waals surface area contributed by atoms with Crippen molar-refractivity contribution in [2.24, 2.45) is 0 Å². The molecular weight excluding hydrogens is 353 g/mol. The predicted molar refractivity (Wildman–Crippen MR) is 94.3 cm³/mol. The second-order valence-electron chi connectivity index (χ2n) is 5.56. The Morgan fingerprint density at radius 2 is 1.44 bits per heavy atom. The molecule has 0 aliphatic carbocycles. The van der Waals surface area contributed by atoms with Crippen LogP contribution in [0.4, 0.5) is 10.1 Å². The van der Waals surface area contributed by atoms with Crippen LogP contribution in [-0.2, 0) is 0 Å². The van der Waals surface area contributed by atoms with E-state index in [0.29, 0.717) is 11.1 Å². The van der Waals surface area contributed by atoms with Crippen LogP contribution in [0.3, 0.4) is 0 Å². The molecule has 0 aromatic heterocycles. The summed E-state index contributed by atoms with van der Waals surface area (Å²) in [5.74, 6) is -1.31. The van der Waals surface area contributed by atoms with Crippen molar-refractivity contribution in [1.82, 2.24) is 0 Å². The molecule has 0 spiro atoms. The van der Waals surface area contributed by atoms with Gasteiger partial charge in [0.05, 0.1) is 10.5 Å². The van der Waals surface area contributed by atoms with Crippen molar-refractivity contribution in [3.8, 4) is 5.75 Å². The molecule has 134 valence electrons. The molecule has 7 heteroatoms. The lowest BCUT2D eigenvalue weighted by atomic mass is 10.0. The quantitative estimate of drug-likeness (QED) is 0.222. The normalized spacial score (nSPS) is 10.3. The van der Waals surface area contributed by atoms with E-state index in [9.17, 15) is 24.1 Å². The fourth-order valence-corrected chi connectivity index (χ4v) is 2.35. The van der Waals surface area contributed by atoms with Gasteiger partial charge in [-0.05, 0) is 54.6 Å². The Bertz CT molecular complexity index is 1010. The zero-order chi connectivity index (χ0) is 19.4. The van der Waals surface area contributed by atoms with E-state index < -0.39 is 16.7 Å². The van der Waals surface area contributed by atoms with E-state index in [1.807, 2.05) is 0 Å². The predicted octanol–water partition coefficient (Wildman–Crippen LogP) is 4.18. The number of non-ortho nitro benzene ring substituents is 1. The maximum absolute atomic E-state index is 12.9. The number of carbonyl (C=O) groups excluding carboxylic acids is 2. The number of nitro groups is 1. The third-order valence-electron chi connectivity index (χ3n) is 3.73. The minimum atomic E-state index is -0.753. The molecule has 0 aliphatic heterocycles. The number of hydrogen-bond acceptors (Lipinski definition) is 5. The van der Waals surface area contributed by atoms with Crippen molar-refractivity contribution >= 4 is 17.4 Å². The molecule has 0 aliphatic rings. The molecule has 0 amide bonds. The van der Waals surface area contributed by atoms with E-state index >= 15 is 0 Å². The van der Waals surface area contributed by atoms with Gasteiger partial charge in [0.25, 0.3) is 5.69 Å². The number of esters is 1. The van der Waals surface area contributed by atoms with Gasteiger partial charge < -0.3 is 4.74 Å². The number of carbonyl (C=O) groups is 2. The lowest BCUT2D eigenvalue weighted by Gasteiger charge is -2.06. The summed E-state index contributed by atoms with van der Waals surface area (Å²) >= 11 is 0. The lowest BCUT2D eigenvalue weighted by Crippen LogP contribution is -2.09. The number of hydrogen-bond donors (Lipinski definition) is 0. The van der Waals surface area contributed by atoms with E-state index in [4.69, 9.17) is 4.74 Å². The minimum absolute atomic E-state index is 0.0377. The average Bonchev–Trinajstić information content (AvgIpc) is 2.68. The van der Waals surface area contributed by atoms with E-state index in [2.05, 4.69) is 0 Å². The van der Waals surface area contributed by atoms with Crippen LogP contribution in [0.1, 0.15) is 26.3 Å². The maximum atomic E-state index is 12.9. The van der Waals surface area contributed by atoms with Crippen molar-refractivity contribution in [1.29, 1.82) is 0 Å². The number of nitro benzene ring substituents is 1. The summed E-state index contributed by atoms with van der Waals surface area (Å²) in [4.78, 5) is 34.6. The second-order valence-corrected chi connectivity index (χ2v) is 5.56. The number of rotatable bonds is 5. The van der Waals surface area contributed by atoms with Gasteiger partial charge in [-0.15, -0.1) is 0 Å². The molecule has 0 unspecified atom stereocenters. The minimum Gasteiger partial charge on any atom is -0.423 e. The van der Waals surface area contributed by atoms with Crippen molar-refractivity contribution in [2.75, 3.05) is 0 Å². The van der Waals surface area contributed by atoms with Crippen LogP contribution < -0.4 is 4.74 Å². The van der Waals surface area contributed by atoms with E-state index in [1.165, 1.54) is 66.7 Å². The first kappa shape index (κ1) is 17.9. The monoisotopic (exact) mass is 365 g/mol. The molecule has 0 fully saturated rings. The maximum Gasteiger partial charge on any atom is 0.343 e. The van der Waals surface area contributed by atoms with Crippen molar-refractivity contribution in [3.63, 3.8) is 0 Å². The molecule has 0 atom stereocenters. The molecule has 3 rings (SSSR count). The van der Waals surface area contributed by atoms with Crippen LogP contribution in [-0.4, -0.2) is 16.7 Å². The summed E-state index contributed by atoms with van der Waals surface area (Å²) in [7, 11) is 0. The van der Waals surface area contributed by atoms with Gasteiger partial charge in [-0.2, -0.15) is 0 Å². The van der Waals surface area contributed by atoms with E-state index in [0.717, 1.165) is 6.07 Å². The molecule has 3 aromatic rings. The standard InChI is InChI=1S/C20H12FNO5/c21-16-8-4-13(5-9-16)19(23)14-6-10-18(11-7-14)27-20(24)15-2-1-3-17(12-15)22(25)26/h1-12H. The molecule has 0 saturated heterocycles. The van der Waals surface area contributed by atoms with Crippen molar-refractivity contribution in [3.05, 3.63) is 105 Å². The van der Waals surface area contributed by atoms with Gasteiger partial charge in [0.15, 0.2) is 5.78 Å².